The van der Waals surface area contributed by atoms with Crippen LogP contribution in [0, 0.1) is 0 Å². The van der Waals surface area contributed by atoms with Gasteiger partial charge >= 0.3 is 6.18 Å². The molecule has 2 aromatic carbocycles. The van der Waals surface area contributed by atoms with Crippen molar-refractivity contribution in [2.75, 3.05) is 0 Å². The van der Waals surface area contributed by atoms with Gasteiger partial charge < -0.3 is 9.94 Å². The van der Waals surface area contributed by atoms with Gasteiger partial charge in [0.25, 0.3) is 5.60 Å². The molecule has 2 aromatic rings. The molecule has 3 nitrogen and oxygen atoms in total. The number of alkyl halides is 3. The van der Waals surface area contributed by atoms with E-state index in [4.69, 9.17) is 28.0 Å². The van der Waals surface area contributed by atoms with Crippen LogP contribution in [0.4, 0.5) is 13.2 Å². The first kappa shape index (κ1) is 18.7. The number of hydrogen-bond acceptors (Lipinski definition) is 3. The van der Waals surface area contributed by atoms with E-state index < -0.39 is 18.2 Å². The van der Waals surface area contributed by atoms with Crippen LogP contribution in [-0.4, -0.2) is 17.0 Å². The number of aliphatic hydroxyl groups excluding tert-OH is 1. The second kappa shape index (κ2) is 6.47. The predicted octanol–water partition coefficient (Wildman–Crippen LogP) is 6.28. The Morgan fingerprint density at radius 3 is 2.32 bits per heavy atom. The van der Waals surface area contributed by atoms with E-state index in [-0.39, 0.29) is 32.7 Å². The van der Waals surface area contributed by atoms with Crippen molar-refractivity contribution in [1.82, 2.24) is 0 Å². The number of oxime groups is 1. The highest BCUT2D eigenvalue weighted by Gasteiger charge is 2.62. The predicted molar refractivity (Wildman–Crippen MR) is 100 cm³/mol. The maximum atomic E-state index is 14.1. The lowest BCUT2D eigenvalue weighted by Crippen LogP contribution is -2.42. The lowest BCUT2D eigenvalue weighted by atomic mass is 9.84. The average Bonchev–Trinajstić information content (AvgIpc) is 3.08. The van der Waals surface area contributed by atoms with E-state index in [0.29, 0.717) is 11.1 Å². The van der Waals surface area contributed by atoms with Gasteiger partial charge in [0, 0.05) is 26.7 Å². The third kappa shape index (κ3) is 2.92. The summed E-state index contributed by atoms with van der Waals surface area (Å²) in [5.41, 5.74) is 3.43. The van der Waals surface area contributed by atoms with Crippen LogP contribution in [0.3, 0.4) is 0 Å². The zero-order valence-corrected chi connectivity index (χ0v) is 15.5. The summed E-state index contributed by atoms with van der Waals surface area (Å²) < 4.78 is 42.3. The van der Waals surface area contributed by atoms with E-state index in [9.17, 15) is 18.3 Å². The van der Waals surface area contributed by atoms with Gasteiger partial charge in [-0.1, -0.05) is 52.3 Å². The highest BCUT2D eigenvalue weighted by molar-refractivity contribution is 6.34. The van der Waals surface area contributed by atoms with Crippen molar-refractivity contribution in [2.45, 2.75) is 18.2 Å². The maximum Gasteiger partial charge on any atom is 0.435 e. The SMILES string of the molecule is OC1=C=C=C(C2=NOC(c3cc(Cl)cc(Cl)c3)(C(F)(F)F)C2)c2ccccc21. The van der Waals surface area contributed by atoms with Gasteiger partial charge in [-0.05, 0) is 30.0 Å². The Kier molecular flexibility index (Phi) is 4.33. The normalized spacial score (nSPS) is 20.8. The summed E-state index contributed by atoms with van der Waals surface area (Å²) in [4.78, 5) is 5.00. The number of benzene rings is 2. The molecule has 0 bridgehead atoms. The number of hydrogen-bond donors (Lipinski definition) is 1. The van der Waals surface area contributed by atoms with Crippen LogP contribution >= 0.6 is 23.2 Å². The highest BCUT2D eigenvalue weighted by atomic mass is 35.5. The second-order valence-electron chi connectivity index (χ2n) is 6.31. The van der Waals surface area contributed by atoms with Crippen molar-refractivity contribution in [3.05, 3.63) is 80.7 Å². The smallest absolute Gasteiger partial charge is 0.435 e. The molecule has 2 aliphatic rings. The first-order chi connectivity index (χ1) is 13.2. The number of fused-ring (bicyclic) bond motifs is 1. The van der Waals surface area contributed by atoms with E-state index in [1.807, 2.05) is 0 Å². The number of aliphatic hydroxyl groups is 1. The number of rotatable bonds is 2. The molecule has 1 heterocycles. The summed E-state index contributed by atoms with van der Waals surface area (Å²) in [6, 6.07) is 10.3. The van der Waals surface area contributed by atoms with Crippen molar-refractivity contribution in [2.24, 2.45) is 5.16 Å². The molecule has 1 aliphatic carbocycles. The van der Waals surface area contributed by atoms with Crippen molar-refractivity contribution < 1.29 is 23.1 Å². The van der Waals surface area contributed by atoms with E-state index in [1.54, 1.807) is 24.3 Å². The fraction of sp³-hybridized carbons (Fsp3) is 0.150. The summed E-state index contributed by atoms with van der Waals surface area (Å²) in [5.74, 6) is -0.150. The van der Waals surface area contributed by atoms with Crippen LogP contribution in [0.25, 0.3) is 11.3 Å². The molecule has 28 heavy (non-hydrogen) atoms. The molecule has 1 N–H and O–H groups in total. The minimum atomic E-state index is -4.79. The Morgan fingerprint density at radius 1 is 1.04 bits per heavy atom. The molecule has 1 aliphatic heterocycles. The van der Waals surface area contributed by atoms with E-state index in [0.717, 1.165) is 12.1 Å². The molecule has 0 radical (unpaired) electrons. The summed E-state index contributed by atoms with van der Waals surface area (Å²) in [5, 5.41) is 13.8. The second-order valence-corrected chi connectivity index (χ2v) is 7.18. The number of halogens is 5. The van der Waals surface area contributed by atoms with Crippen molar-refractivity contribution in [1.29, 1.82) is 0 Å². The minimum Gasteiger partial charge on any atom is -0.500 e. The van der Waals surface area contributed by atoms with Crippen molar-refractivity contribution >= 4 is 40.2 Å². The fourth-order valence-corrected chi connectivity index (χ4v) is 3.74. The zero-order chi connectivity index (χ0) is 20.1. The maximum absolute atomic E-state index is 14.1. The minimum absolute atomic E-state index is 0.0286. The van der Waals surface area contributed by atoms with Gasteiger partial charge in [-0.3, -0.25) is 0 Å². The van der Waals surface area contributed by atoms with E-state index in [1.165, 1.54) is 6.07 Å². The third-order valence-electron chi connectivity index (χ3n) is 4.56. The van der Waals surface area contributed by atoms with Crippen LogP contribution in [-0.2, 0) is 10.4 Å². The van der Waals surface area contributed by atoms with E-state index in [2.05, 4.69) is 16.6 Å². The molecule has 0 spiro atoms. The Morgan fingerprint density at radius 2 is 1.68 bits per heavy atom. The van der Waals surface area contributed by atoms with Gasteiger partial charge in [0.05, 0.1) is 12.0 Å². The Labute approximate surface area is 167 Å². The first-order valence-corrected chi connectivity index (χ1v) is 8.80. The molecule has 1 atom stereocenters. The van der Waals surface area contributed by atoms with Crippen LogP contribution in [0.1, 0.15) is 23.1 Å². The summed E-state index contributed by atoms with van der Waals surface area (Å²) in [7, 11) is 0. The Balaban J connectivity index is 1.82. The lowest BCUT2D eigenvalue weighted by molar-refractivity contribution is -0.275. The van der Waals surface area contributed by atoms with E-state index >= 15 is 0 Å². The molecule has 1 unspecified atom stereocenters. The number of nitrogens with zero attached hydrogens (tertiary/aromatic N) is 1. The quantitative estimate of drug-likeness (QED) is 0.577. The molecule has 8 heteroatoms. The molecular weight excluding hydrogens is 414 g/mol. The third-order valence-corrected chi connectivity index (χ3v) is 5.00. The van der Waals surface area contributed by atoms with Crippen LogP contribution in [0.15, 0.2) is 59.1 Å². The first-order valence-electron chi connectivity index (χ1n) is 8.05. The van der Waals surface area contributed by atoms with Crippen LogP contribution < -0.4 is 0 Å². The molecule has 4 rings (SSSR count). The van der Waals surface area contributed by atoms with Gasteiger partial charge in [-0.2, -0.15) is 13.2 Å². The summed E-state index contributed by atoms with van der Waals surface area (Å²) in [6.45, 7) is 0. The topological polar surface area (TPSA) is 41.8 Å². The monoisotopic (exact) mass is 423 g/mol. The van der Waals surface area contributed by atoms with Gasteiger partial charge in [0.1, 0.15) is 5.71 Å². The molecule has 0 aromatic heterocycles. The Hall–Kier alpha value is -2.62. The number of allylic oxidation sites excluding steroid dienone is 1. The molecule has 0 amide bonds. The average molecular weight is 424 g/mol. The molecule has 0 fully saturated rings. The van der Waals surface area contributed by atoms with Gasteiger partial charge in [0.15, 0.2) is 5.76 Å². The van der Waals surface area contributed by atoms with Crippen molar-refractivity contribution in [3.8, 4) is 0 Å². The lowest BCUT2D eigenvalue weighted by Gasteiger charge is -2.29. The molecule has 0 saturated carbocycles. The zero-order valence-electron chi connectivity index (χ0n) is 13.9. The van der Waals surface area contributed by atoms with Gasteiger partial charge in [-0.25, -0.2) is 0 Å². The summed E-state index contributed by atoms with van der Waals surface area (Å²) in [6.07, 6.45) is -5.39. The summed E-state index contributed by atoms with van der Waals surface area (Å²) >= 11 is 11.8. The highest BCUT2D eigenvalue weighted by Crippen LogP contribution is 2.50. The standard InChI is InChI=1S/C20H10Cl2F3NO2/c21-12-7-11(8-13(22)9-12)19(20(23,24)25)10-17(26-28-19)15-5-6-18(27)16-4-2-1-3-14(15)16/h1-4,7-9,27H,10H2. The largest absolute Gasteiger partial charge is 0.500 e. The van der Waals surface area contributed by atoms with Gasteiger partial charge in [-0.15, -0.1) is 0 Å². The van der Waals surface area contributed by atoms with Crippen molar-refractivity contribution in [3.63, 3.8) is 0 Å². The molecular formula is C20H10Cl2F3NO2. The molecule has 0 saturated heterocycles. The van der Waals surface area contributed by atoms with Crippen LogP contribution in [0.2, 0.25) is 10.0 Å². The molecule has 142 valence electrons. The van der Waals surface area contributed by atoms with Crippen LogP contribution in [0.5, 0.6) is 0 Å². The Bertz CT molecular complexity index is 1110. The fourth-order valence-electron chi connectivity index (χ4n) is 3.22. The van der Waals surface area contributed by atoms with Gasteiger partial charge in [0.2, 0.25) is 0 Å².